The van der Waals surface area contributed by atoms with Crippen LogP contribution < -0.4 is 0 Å². The Balaban J connectivity index is 1.72. The number of carbonyl (C=O) groups is 1. The van der Waals surface area contributed by atoms with E-state index in [4.69, 9.17) is 5.11 Å². The molecule has 0 aliphatic heterocycles. The van der Waals surface area contributed by atoms with Crippen LogP contribution in [0, 0.1) is 29.1 Å². The van der Waals surface area contributed by atoms with E-state index in [1.54, 1.807) is 0 Å². The Morgan fingerprint density at radius 1 is 1.04 bits per heavy atom. The van der Waals surface area contributed by atoms with E-state index in [2.05, 4.69) is 6.92 Å². The predicted molar refractivity (Wildman–Crippen MR) is 110 cm³/mol. The minimum Gasteiger partial charge on any atom is -0.481 e. The van der Waals surface area contributed by atoms with Crippen LogP contribution in [0.5, 0.6) is 0 Å². The fourth-order valence-corrected chi connectivity index (χ4v) is 5.41. The number of aliphatic hydroxyl groups excluding tert-OH is 3. The molecule has 2 aliphatic rings. The number of rotatable bonds is 13. The Bertz CT molecular complexity index is 491. The van der Waals surface area contributed by atoms with E-state index in [9.17, 15) is 20.1 Å². The van der Waals surface area contributed by atoms with Gasteiger partial charge in [-0.1, -0.05) is 40.0 Å². The van der Waals surface area contributed by atoms with Crippen LogP contribution in [0.4, 0.5) is 0 Å². The van der Waals surface area contributed by atoms with Crippen LogP contribution in [0.1, 0.15) is 91.4 Å². The molecule has 5 heteroatoms. The van der Waals surface area contributed by atoms with Crippen molar-refractivity contribution in [2.24, 2.45) is 29.1 Å². The van der Waals surface area contributed by atoms with Gasteiger partial charge in [-0.3, -0.25) is 4.79 Å². The fourth-order valence-electron chi connectivity index (χ4n) is 5.41. The maximum absolute atomic E-state index is 10.9. The third-order valence-corrected chi connectivity index (χ3v) is 7.29. The van der Waals surface area contributed by atoms with E-state index in [0.717, 1.165) is 44.4 Å². The van der Waals surface area contributed by atoms with Crippen molar-refractivity contribution in [3.05, 3.63) is 0 Å². The molecule has 5 nitrogen and oxygen atoms in total. The maximum Gasteiger partial charge on any atom is 0.303 e. The van der Waals surface area contributed by atoms with E-state index in [-0.39, 0.29) is 29.8 Å². The maximum atomic E-state index is 10.9. The highest BCUT2D eigenvalue weighted by atomic mass is 16.4. The number of carboxylic acids is 1. The van der Waals surface area contributed by atoms with Gasteiger partial charge in [0.25, 0.3) is 0 Å². The van der Waals surface area contributed by atoms with Crippen molar-refractivity contribution < 1.29 is 25.2 Å². The smallest absolute Gasteiger partial charge is 0.303 e. The molecule has 4 N–H and O–H groups in total. The summed E-state index contributed by atoms with van der Waals surface area (Å²) in [7, 11) is 0. The summed E-state index contributed by atoms with van der Waals surface area (Å²) < 4.78 is 0. The lowest BCUT2D eigenvalue weighted by Crippen LogP contribution is -2.24. The minimum absolute atomic E-state index is 0.0675. The highest BCUT2D eigenvalue weighted by Gasteiger charge is 2.41. The predicted octanol–water partition coefficient (Wildman–Crippen LogP) is 3.98. The van der Waals surface area contributed by atoms with Crippen LogP contribution in [0.25, 0.3) is 0 Å². The van der Waals surface area contributed by atoms with Gasteiger partial charge in [-0.25, -0.2) is 0 Å². The first-order chi connectivity index (χ1) is 13.1. The van der Waals surface area contributed by atoms with Crippen LogP contribution in [-0.2, 0) is 4.79 Å². The molecule has 28 heavy (non-hydrogen) atoms. The first kappa shape index (κ1) is 23.6. The van der Waals surface area contributed by atoms with Gasteiger partial charge in [-0.2, -0.15) is 0 Å². The molecule has 164 valence electrons. The zero-order chi connectivity index (χ0) is 20.9. The Labute approximate surface area is 170 Å². The second-order valence-electron chi connectivity index (χ2n) is 10.3. The molecule has 7 atom stereocenters. The van der Waals surface area contributed by atoms with Gasteiger partial charge in [0.2, 0.25) is 0 Å². The number of hydrogen-bond donors (Lipinski definition) is 4. The van der Waals surface area contributed by atoms with Crippen molar-refractivity contribution in [2.75, 3.05) is 0 Å². The lowest BCUT2D eigenvalue weighted by Gasteiger charge is -2.26. The SMILES string of the molecule is CCC1CC1CC(O)CC[C@@H]1[C@@H](CCCCC(C)(C)CC(=O)O)[C@@H](O)C[C@H]1O. The van der Waals surface area contributed by atoms with Crippen LogP contribution >= 0.6 is 0 Å². The molecule has 0 spiro atoms. The molecule has 0 heterocycles. The van der Waals surface area contributed by atoms with Crippen molar-refractivity contribution in [3.8, 4) is 0 Å². The van der Waals surface area contributed by atoms with Gasteiger partial charge in [0.05, 0.1) is 24.7 Å². The van der Waals surface area contributed by atoms with Crippen LogP contribution in [0.2, 0.25) is 0 Å². The summed E-state index contributed by atoms with van der Waals surface area (Å²) in [6, 6.07) is 0. The normalized spacial score (nSPS) is 33.8. The van der Waals surface area contributed by atoms with Crippen LogP contribution in [0.3, 0.4) is 0 Å². The monoisotopic (exact) mass is 398 g/mol. The zero-order valence-corrected chi connectivity index (χ0v) is 18.0. The highest BCUT2D eigenvalue weighted by Crippen LogP contribution is 2.45. The molecule has 0 bridgehead atoms. The lowest BCUT2D eigenvalue weighted by molar-refractivity contribution is -0.139. The van der Waals surface area contributed by atoms with Crippen molar-refractivity contribution in [3.63, 3.8) is 0 Å². The number of aliphatic hydroxyl groups is 3. The number of hydrogen-bond acceptors (Lipinski definition) is 4. The standard InChI is InChI=1S/C23H42O5/c1-4-15-11-16(15)12-17(24)8-9-19-18(20(25)13-21(19)26)7-5-6-10-23(2,3)14-22(27)28/h15-21,24-26H,4-14H2,1-3H3,(H,27,28)/t15?,16?,17?,18-,19-,20+,21-/m1/s1. The Kier molecular flexibility index (Phi) is 8.78. The quantitative estimate of drug-likeness (QED) is 0.352. The fraction of sp³-hybridized carbons (Fsp3) is 0.957. The van der Waals surface area contributed by atoms with Gasteiger partial charge in [-0.15, -0.1) is 0 Å². The third kappa shape index (κ3) is 7.31. The van der Waals surface area contributed by atoms with Gasteiger partial charge in [0, 0.05) is 0 Å². The summed E-state index contributed by atoms with van der Waals surface area (Å²) in [5, 5.41) is 40.1. The van der Waals surface area contributed by atoms with Crippen molar-refractivity contribution in [1.29, 1.82) is 0 Å². The first-order valence-electron chi connectivity index (χ1n) is 11.4. The molecule has 0 aromatic rings. The van der Waals surface area contributed by atoms with E-state index < -0.39 is 18.2 Å². The third-order valence-electron chi connectivity index (χ3n) is 7.29. The van der Waals surface area contributed by atoms with Gasteiger partial charge in [0.15, 0.2) is 0 Å². The second kappa shape index (κ2) is 10.4. The Morgan fingerprint density at radius 2 is 1.68 bits per heavy atom. The van der Waals surface area contributed by atoms with E-state index >= 15 is 0 Å². The van der Waals surface area contributed by atoms with Crippen LogP contribution in [0.15, 0.2) is 0 Å². The Morgan fingerprint density at radius 3 is 2.25 bits per heavy atom. The number of unbranched alkanes of at least 4 members (excludes halogenated alkanes) is 1. The van der Waals surface area contributed by atoms with Gasteiger partial charge in [-0.05, 0) is 74.0 Å². The van der Waals surface area contributed by atoms with Crippen LogP contribution in [-0.4, -0.2) is 44.7 Å². The highest BCUT2D eigenvalue weighted by molar-refractivity contribution is 5.67. The molecule has 2 fully saturated rings. The molecule has 2 aliphatic carbocycles. The molecule has 0 radical (unpaired) electrons. The van der Waals surface area contributed by atoms with E-state index in [0.29, 0.717) is 18.8 Å². The van der Waals surface area contributed by atoms with Gasteiger partial charge >= 0.3 is 5.97 Å². The number of aliphatic carboxylic acids is 1. The summed E-state index contributed by atoms with van der Waals surface area (Å²) in [4.78, 5) is 10.9. The largest absolute Gasteiger partial charge is 0.481 e. The van der Waals surface area contributed by atoms with Crippen molar-refractivity contribution >= 4 is 5.97 Å². The van der Waals surface area contributed by atoms with Gasteiger partial charge < -0.3 is 20.4 Å². The zero-order valence-electron chi connectivity index (χ0n) is 18.0. The summed E-state index contributed by atoms with van der Waals surface area (Å²) >= 11 is 0. The summed E-state index contributed by atoms with van der Waals surface area (Å²) in [5.41, 5.74) is -0.206. The van der Waals surface area contributed by atoms with Crippen molar-refractivity contribution in [1.82, 2.24) is 0 Å². The first-order valence-corrected chi connectivity index (χ1v) is 11.4. The molecular formula is C23H42O5. The summed E-state index contributed by atoms with van der Waals surface area (Å²) in [6.45, 7) is 6.19. The van der Waals surface area contributed by atoms with Crippen molar-refractivity contribution in [2.45, 2.75) is 110 Å². The molecule has 2 rings (SSSR count). The molecule has 0 aromatic heterocycles. The Hall–Kier alpha value is -0.650. The average Bonchev–Trinajstić information content (AvgIpc) is 3.26. The molecule has 0 saturated heterocycles. The average molecular weight is 399 g/mol. The summed E-state index contributed by atoms with van der Waals surface area (Å²) in [6.07, 6.45) is 7.82. The van der Waals surface area contributed by atoms with E-state index in [1.807, 2.05) is 13.8 Å². The lowest BCUT2D eigenvalue weighted by atomic mass is 9.81. The minimum atomic E-state index is -0.755. The molecule has 2 saturated carbocycles. The molecule has 0 aromatic carbocycles. The summed E-state index contributed by atoms with van der Waals surface area (Å²) in [5.74, 6) is 0.886. The molecule has 3 unspecified atom stereocenters. The van der Waals surface area contributed by atoms with E-state index in [1.165, 1.54) is 12.8 Å². The second-order valence-corrected chi connectivity index (χ2v) is 10.3. The number of carboxylic acid groups (broad SMARTS) is 1. The topological polar surface area (TPSA) is 98.0 Å². The molecular weight excluding hydrogens is 356 g/mol. The van der Waals surface area contributed by atoms with Gasteiger partial charge in [0.1, 0.15) is 0 Å². The molecule has 0 amide bonds.